The summed E-state index contributed by atoms with van der Waals surface area (Å²) in [7, 11) is 6.59. The molecule has 0 aliphatic carbocycles. The monoisotopic (exact) mass is 241 g/mol. The second kappa shape index (κ2) is 8.90. The highest BCUT2D eigenvalue weighted by Crippen LogP contribution is 2.14. The number of piperidine rings is 1. The lowest BCUT2D eigenvalue weighted by atomic mass is 10.0. The van der Waals surface area contributed by atoms with Gasteiger partial charge in [0.1, 0.15) is 0 Å². The van der Waals surface area contributed by atoms with Crippen LogP contribution in [-0.4, -0.2) is 63.2 Å². The van der Waals surface area contributed by atoms with E-state index in [-0.39, 0.29) is 0 Å². The molecule has 3 nitrogen and oxygen atoms in total. The maximum absolute atomic E-state index is 3.21. The van der Waals surface area contributed by atoms with Gasteiger partial charge in [0, 0.05) is 12.6 Å². The molecule has 0 spiro atoms. The Kier molecular flexibility index (Phi) is 7.82. The molecule has 1 N–H and O–H groups in total. The molecule has 0 saturated carbocycles. The first-order valence-corrected chi connectivity index (χ1v) is 7.27. The van der Waals surface area contributed by atoms with Crippen molar-refractivity contribution in [1.82, 2.24) is 15.1 Å². The van der Waals surface area contributed by atoms with Crippen LogP contribution in [0.25, 0.3) is 0 Å². The van der Waals surface area contributed by atoms with E-state index < -0.39 is 0 Å². The molecular weight excluding hydrogens is 210 g/mol. The highest BCUT2D eigenvalue weighted by molar-refractivity contribution is 4.77. The van der Waals surface area contributed by atoms with Crippen molar-refractivity contribution in [3.8, 4) is 0 Å². The highest BCUT2D eigenvalue weighted by atomic mass is 15.2. The van der Waals surface area contributed by atoms with Gasteiger partial charge in [0.25, 0.3) is 0 Å². The number of likely N-dealkylation sites (tertiary alicyclic amines) is 1. The summed E-state index contributed by atoms with van der Waals surface area (Å²) in [6.45, 7) is 4.99. The van der Waals surface area contributed by atoms with E-state index in [9.17, 15) is 0 Å². The van der Waals surface area contributed by atoms with E-state index in [1.54, 1.807) is 0 Å². The van der Waals surface area contributed by atoms with Crippen molar-refractivity contribution < 1.29 is 0 Å². The summed E-state index contributed by atoms with van der Waals surface area (Å²) in [5.41, 5.74) is 0. The Balaban J connectivity index is 2.02. The normalized spacial score (nSPS) is 22.2. The molecule has 1 saturated heterocycles. The van der Waals surface area contributed by atoms with Crippen LogP contribution >= 0.6 is 0 Å². The molecule has 1 unspecified atom stereocenters. The Morgan fingerprint density at radius 1 is 1.24 bits per heavy atom. The van der Waals surface area contributed by atoms with Gasteiger partial charge in [0.15, 0.2) is 0 Å². The van der Waals surface area contributed by atoms with Gasteiger partial charge < -0.3 is 15.1 Å². The number of unbranched alkanes of at least 4 members (excludes halogenated alkanes) is 3. The minimum Gasteiger partial charge on any atom is -0.320 e. The molecule has 0 radical (unpaired) electrons. The molecular formula is C14H31N3. The van der Waals surface area contributed by atoms with Crippen molar-refractivity contribution in [3.05, 3.63) is 0 Å². The van der Waals surface area contributed by atoms with Crippen LogP contribution in [0, 0.1) is 0 Å². The predicted molar refractivity (Wildman–Crippen MR) is 75.5 cm³/mol. The molecule has 0 amide bonds. The molecule has 0 aromatic carbocycles. The molecule has 1 heterocycles. The third-order valence-corrected chi connectivity index (χ3v) is 3.91. The Morgan fingerprint density at radius 3 is 2.71 bits per heavy atom. The quantitative estimate of drug-likeness (QED) is 0.654. The van der Waals surface area contributed by atoms with Gasteiger partial charge in [-0.25, -0.2) is 0 Å². The van der Waals surface area contributed by atoms with E-state index in [1.807, 2.05) is 7.05 Å². The molecule has 17 heavy (non-hydrogen) atoms. The maximum atomic E-state index is 3.21. The summed E-state index contributed by atoms with van der Waals surface area (Å²) in [5, 5.41) is 3.21. The number of nitrogens with one attached hydrogen (secondary N) is 1. The molecule has 1 aliphatic rings. The van der Waals surface area contributed by atoms with Gasteiger partial charge in [-0.1, -0.05) is 12.8 Å². The topological polar surface area (TPSA) is 18.5 Å². The van der Waals surface area contributed by atoms with Crippen LogP contribution in [0.4, 0.5) is 0 Å². The average Bonchev–Trinajstić information content (AvgIpc) is 2.33. The summed E-state index contributed by atoms with van der Waals surface area (Å²) in [6.07, 6.45) is 8.20. The molecule has 0 bridgehead atoms. The molecule has 0 aromatic rings. The second-order valence-corrected chi connectivity index (χ2v) is 5.56. The molecule has 1 atom stereocenters. The first kappa shape index (κ1) is 14.9. The zero-order valence-electron chi connectivity index (χ0n) is 12.0. The first-order valence-electron chi connectivity index (χ1n) is 7.27. The van der Waals surface area contributed by atoms with Gasteiger partial charge >= 0.3 is 0 Å². The molecule has 1 rings (SSSR count). The smallest absolute Gasteiger partial charge is 0.0220 e. The van der Waals surface area contributed by atoms with Crippen LogP contribution in [0.1, 0.15) is 38.5 Å². The van der Waals surface area contributed by atoms with Crippen LogP contribution in [0.2, 0.25) is 0 Å². The predicted octanol–water partition coefficient (Wildman–Crippen LogP) is 1.79. The second-order valence-electron chi connectivity index (χ2n) is 5.56. The third kappa shape index (κ3) is 6.39. The van der Waals surface area contributed by atoms with Gasteiger partial charge in [-0.2, -0.15) is 0 Å². The minimum absolute atomic E-state index is 0.797. The van der Waals surface area contributed by atoms with Crippen LogP contribution < -0.4 is 5.32 Å². The fourth-order valence-corrected chi connectivity index (χ4v) is 2.70. The van der Waals surface area contributed by atoms with Crippen molar-refractivity contribution in [2.24, 2.45) is 0 Å². The Hall–Kier alpha value is -0.120. The fourth-order valence-electron chi connectivity index (χ4n) is 2.70. The summed E-state index contributed by atoms with van der Waals surface area (Å²) in [6, 6.07) is 0.797. The van der Waals surface area contributed by atoms with Crippen molar-refractivity contribution in [3.63, 3.8) is 0 Å². The van der Waals surface area contributed by atoms with Gasteiger partial charge in [-0.05, 0) is 66.5 Å². The Labute approximate surface area is 108 Å². The van der Waals surface area contributed by atoms with E-state index in [0.717, 1.165) is 6.04 Å². The lowest BCUT2D eigenvalue weighted by Gasteiger charge is -2.35. The van der Waals surface area contributed by atoms with Crippen molar-refractivity contribution >= 4 is 0 Å². The van der Waals surface area contributed by atoms with Crippen LogP contribution in [-0.2, 0) is 0 Å². The standard InChI is InChI=1S/C14H31N3/c1-15-10-6-4-5-7-12-17(3)14-9-8-11-16(2)13-14/h14-15H,4-13H2,1-3H3. The summed E-state index contributed by atoms with van der Waals surface area (Å²) in [5.74, 6) is 0. The summed E-state index contributed by atoms with van der Waals surface area (Å²) >= 11 is 0. The van der Waals surface area contributed by atoms with E-state index in [1.165, 1.54) is 64.7 Å². The van der Waals surface area contributed by atoms with Crippen molar-refractivity contribution in [1.29, 1.82) is 0 Å². The fraction of sp³-hybridized carbons (Fsp3) is 1.00. The Bertz CT molecular complexity index is 184. The van der Waals surface area contributed by atoms with Crippen molar-refractivity contribution in [2.75, 3.05) is 47.3 Å². The molecule has 3 heteroatoms. The van der Waals surface area contributed by atoms with E-state index in [2.05, 4.69) is 29.2 Å². The number of nitrogens with zero attached hydrogens (tertiary/aromatic N) is 2. The van der Waals surface area contributed by atoms with Gasteiger partial charge in [0.2, 0.25) is 0 Å². The molecule has 0 aromatic heterocycles. The van der Waals surface area contributed by atoms with E-state index >= 15 is 0 Å². The molecule has 1 fully saturated rings. The SMILES string of the molecule is CNCCCCCCN(C)C1CCCN(C)C1. The largest absolute Gasteiger partial charge is 0.320 e. The zero-order valence-corrected chi connectivity index (χ0v) is 12.0. The Morgan fingerprint density at radius 2 is 2.00 bits per heavy atom. The molecule has 1 aliphatic heterocycles. The number of hydrogen-bond donors (Lipinski definition) is 1. The van der Waals surface area contributed by atoms with Crippen LogP contribution in [0.5, 0.6) is 0 Å². The van der Waals surface area contributed by atoms with Crippen molar-refractivity contribution in [2.45, 2.75) is 44.6 Å². The zero-order chi connectivity index (χ0) is 12.5. The minimum atomic E-state index is 0.797. The lowest BCUT2D eigenvalue weighted by molar-refractivity contribution is 0.133. The van der Waals surface area contributed by atoms with Crippen LogP contribution in [0.3, 0.4) is 0 Å². The van der Waals surface area contributed by atoms with E-state index in [4.69, 9.17) is 0 Å². The number of rotatable bonds is 8. The van der Waals surface area contributed by atoms with Gasteiger partial charge in [-0.15, -0.1) is 0 Å². The van der Waals surface area contributed by atoms with Crippen LogP contribution in [0.15, 0.2) is 0 Å². The highest BCUT2D eigenvalue weighted by Gasteiger charge is 2.20. The van der Waals surface area contributed by atoms with Gasteiger partial charge in [0.05, 0.1) is 0 Å². The first-order chi connectivity index (χ1) is 8.24. The summed E-state index contributed by atoms with van der Waals surface area (Å²) in [4.78, 5) is 5.05. The summed E-state index contributed by atoms with van der Waals surface area (Å²) < 4.78 is 0. The third-order valence-electron chi connectivity index (χ3n) is 3.91. The van der Waals surface area contributed by atoms with E-state index in [0.29, 0.717) is 0 Å². The number of hydrogen-bond acceptors (Lipinski definition) is 3. The maximum Gasteiger partial charge on any atom is 0.0220 e. The molecule has 102 valence electrons. The average molecular weight is 241 g/mol. The van der Waals surface area contributed by atoms with Gasteiger partial charge in [-0.3, -0.25) is 0 Å². The lowest BCUT2D eigenvalue weighted by Crippen LogP contribution is -2.45. The number of likely N-dealkylation sites (N-methyl/N-ethyl adjacent to an activating group) is 2.